The van der Waals surface area contributed by atoms with Gasteiger partial charge < -0.3 is 4.74 Å². The summed E-state index contributed by atoms with van der Waals surface area (Å²) in [6.45, 7) is 2.04. The van der Waals surface area contributed by atoms with E-state index in [0.29, 0.717) is 5.02 Å². The van der Waals surface area contributed by atoms with Gasteiger partial charge in [0.1, 0.15) is 6.61 Å². The minimum atomic E-state index is -0.462. The average Bonchev–Trinajstić information content (AvgIpc) is 2.37. The van der Waals surface area contributed by atoms with Gasteiger partial charge in [-0.2, -0.15) is 0 Å². The summed E-state index contributed by atoms with van der Waals surface area (Å²) in [7, 11) is 0. The first-order valence-electron chi connectivity index (χ1n) is 5.50. The highest BCUT2D eigenvalue weighted by atomic mass is 35.5. The number of ether oxygens (including phenoxy) is 1. The van der Waals surface area contributed by atoms with Crippen LogP contribution in [-0.4, -0.2) is 11.0 Å². The highest BCUT2D eigenvalue weighted by Gasteiger charge is 2.12. The van der Waals surface area contributed by atoms with Crippen molar-refractivity contribution >= 4 is 17.6 Å². The number of carbonyl (C=O) groups excluding carboxylic acids is 1. The molecule has 2 rings (SSSR count). The van der Waals surface area contributed by atoms with Gasteiger partial charge in [0.25, 0.3) is 0 Å². The molecule has 0 aliphatic rings. The Kier molecular flexibility index (Phi) is 3.95. The number of rotatable bonds is 3. The minimum Gasteiger partial charge on any atom is -0.457 e. The first-order chi connectivity index (χ1) is 8.66. The Hall–Kier alpha value is -1.87. The van der Waals surface area contributed by atoms with Crippen LogP contribution < -0.4 is 0 Å². The second kappa shape index (κ2) is 5.65. The summed E-state index contributed by atoms with van der Waals surface area (Å²) in [5.41, 5.74) is 1.99. The quantitative estimate of drug-likeness (QED) is 0.795. The van der Waals surface area contributed by atoms with Gasteiger partial charge in [-0.1, -0.05) is 41.9 Å². The van der Waals surface area contributed by atoms with Crippen LogP contribution in [0.15, 0.2) is 42.6 Å². The van der Waals surface area contributed by atoms with Crippen LogP contribution >= 0.6 is 11.6 Å². The Morgan fingerprint density at radius 2 is 2.06 bits per heavy atom. The van der Waals surface area contributed by atoms with Crippen LogP contribution in [0.4, 0.5) is 0 Å². The number of esters is 1. The van der Waals surface area contributed by atoms with Crippen molar-refractivity contribution in [1.29, 1.82) is 0 Å². The molecule has 92 valence electrons. The molecule has 0 saturated carbocycles. The smallest absolute Gasteiger partial charge is 0.341 e. The van der Waals surface area contributed by atoms with E-state index >= 15 is 0 Å². The summed E-state index contributed by atoms with van der Waals surface area (Å²) in [5, 5.41) is 0.362. The summed E-state index contributed by atoms with van der Waals surface area (Å²) in [6.07, 6.45) is 1.44. The molecule has 0 aliphatic heterocycles. The summed E-state index contributed by atoms with van der Waals surface area (Å²) in [6, 6.07) is 11.1. The van der Waals surface area contributed by atoms with Crippen LogP contribution in [0, 0.1) is 6.92 Å². The molecule has 1 heterocycles. The van der Waals surface area contributed by atoms with Gasteiger partial charge in [0, 0.05) is 11.9 Å². The maximum Gasteiger partial charge on any atom is 0.341 e. The van der Waals surface area contributed by atoms with Gasteiger partial charge in [0.2, 0.25) is 0 Å². The lowest BCUT2D eigenvalue weighted by Gasteiger charge is -2.06. The van der Waals surface area contributed by atoms with E-state index in [1.165, 1.54) is 6.20 Å². The zero-order valence-electron chi connectivity index (χ0n) is 9.89. The Balaban J connectivity index is 2.04. The fraction of sp³-hybridized carbons (Fsp3) is 0.143. The largest absolute Gasteiger partial charge is 0.457 e. The molecule has 0 N–H and O–H groups in total. The van der Waals surface area contributed by atoms with E-state index in [1.54, 1.807) is 6.07 Å². The van der Waals surface area contributed by atoms with Crippen molar-refractivity contribution in [2.75, 3.05) is 0 Å². The standard InChI is InChI=1S/C14H12ClNO2/c1-10-7-13(15)12(8-16-10)14(17)18-9-11-5-3-2-4-6-11/h2-8H,9H2,1H3. The third kappa shape index (κ3) is 3.08. The molecule has 4 heteroatoms. The van der Waals surface area contributed by atoms with Crippen molar-refractivity contribution in [2.24, 2.45) is 0 Å². The first kappa shape index (κ1) is 12.6. The van der Waals surface area contributed by atoms with E-state index in [-0.39, 0.29) is 12.2 Å². The van der Waals surface area contributed by atoms with E-state index in [2.05, 4.69) is 4.98 Å². The molecule has 1 aromatic heterocycles. The summed E-state index contributed by atoms with van der Waals surface area (Å²) in [5.74, 6) is -0.462. The molecule has 0 spiro atoms. The van der Waals surface area contributed by atoms with Crippen LogP contribution in [0.3, 0.4) is 0 Å². The molecule has 0 fully saturated rings. The molecule has 0 aliphatic carbocycles. The molecule has 0 bridgehead atoms. The number of hydrogen-bond donors (Lipinski definition) is 0. The number of nitrogens with zero attached hydrogens (tertiary/aromatic N) is 1. The molecule has 1 aromatic carbocycles. The van der Waals surface area contributed by atoms with Crippen molar-refractivity contribution in [3.8, 4) is 0 Å². The van der Waals surface area contributed by atoms with Crippen LogP contribution in [0.5, 0.6) is 0 Å². The normalized spacial score (nSPS) is 10.1. The predicted octanol–water partition coefficient (Wildman–Crippen LogP) is 3.40. The molecular formula is C14H12ClNO2. The maximum atomic E-state index is 11.8. The van der Waals surface area contributed by atoms with Crippen molar-refractivity contribution in [3.05, 3.63) is 64.4 Å². The molecule has 3 nitrogen and oxygen atoms in total. The molecule has 0 unspecified atom stereocenters. The van der Waals surface area contributed by atoms with Gasteiger partial charge in [0.15, 0.2) is 0 Å². The third-order valence-corrected chi connectivity index (χ3v) is 2.74. The number of hydrogen-bond acceptors (Lipinski definition) is 3. The molecule has 2 aromatic rings. The molecule has 0 radical (unpaired) electrons. The fourth-order valence-corrected chi connectivity index (χ4v) is 1.76. The van der Waals surface area contributed by atoms with Gasteiger partial charge in [-0.3, -0.25) is 4.98 Å². The maximum absolute atomic E-state index is 11.8. The summed E-state index contributed by atoms with van der Waals surface area (Å²) in [4.78, 5) is 15.8. The second-order valence-electron chi connectivity index (χ2n) is 3.87. The van der Waals surface area contributed by atoms with E-state index in [1.807, 2.05) is 37.3 Å². The second-order valence-corrected chi connectivity index (χ2v) is 4.27. The SMILES string of the molecule is Cc1cc(Cl)c(C(=O)OCc2ccccc2)cn1. The van der Waals surface area contributed by atoms with Gasteiger partial charge in [-0.25, -0.2) is 4.79 Å². The van der Waals surface area contributed by atoms with E-state index < -0.39 is 5.97 Å². The highest BCUT2D eigenvalue weighted by Crippen LogP contribution is 2.17. The third-order valence-electron chi connectivity index (χ3n) is 2.42. The monoisotopic (exact) mass is 261 g/mol. The molecule has 0 saturated heterocycles. The Morgan fingerprint density at radius 1 is 1.33 bits per heavy atom. The van der Waals surface area contributed by atoms with Crippen molar-refractivity contribution in [1.82, 2.24) is 4.98 Å². The zero-order valence-corrected chi connectivity index (χ0v) is 10.6. The van der Waals surface area contributed by atoms with Crippen molar-refractivity contribution in [3.63, 3.8) is 0 Å². The summed E-state index contributed by atoms with van der Waals surface area (Å²) < 4.78 is 5.17. The topological polar surface area (TPSA) is 39.2 Å². The predicted molar refractivity (Wildman–Crippen MR) is 69.5 cm³/mol. The van der Waals surface area contributed by atoms with Gasteiger partial charge >= 0.3 is 5.97 Å². The van der Waals surface area contributed by atoms with Crippen LogP contribution in [0.25, 0.3) is 0 Å². The lowest BCUT2D eigenvalue weighted by molar-refractivity contribution is 0.0472. The number of carbonyl (C=O) groups is 1. The van der Waals surface area contributed by atoms with E-state index in [0.717, 1.165) is 11.3 Å². The van der Waals surface area contributed by atoms with E-state index in [9.17, 15) is 4.79 Å². The number of pyridine rings is 1. The molecule has 0 amide bonds. The number of halogens is 1. The molecular weight excluding hydrogens is 250 g/mol. The van der Waals surface area contributed by atoms with Crippen molar-refractivity contribution in [2.45, 2.75) is 13.5 Å². The van der Waals surface area contributed by atoms with Crippen LogP contribution in [-0.2, 0) is 11.3 Å². The fourth-order valence-electron chi connectivity index (χ4n) is 1.48. The summed E-state index contributed by atoms with van der Waals surface area (Å²) >= 11 is 5.97. The van der Waals surface area contributed by atoms with Gasteiger partial charge in [-0.05, 0) is 18.6 Å². The number of aryl methyl sites for hydroxylation is 1. The minimum absolute atomic E-state index is 0.226. The van der Waals surface area contributed by atoms with Crippen molar-refractivity contribution < 1.29 is 9.53 Å². The highest BCUT2D eigenvalue weighted by molar-refractivity contribution is 6.33. The van der Waals surface area contributed by atoms with E-state index in [4.69, 9.17) is 16.3 Å². The zero-order chi connectivity index (χ0) is 13.0. The average molecular weight is 262 g/mol. The van der Waals surface area contributed by atoms with Crippen LogP contribution in [0.1, 0.15) is 21.6 Å². The number of benzene rings is 1. The Bertz CT molecular complexity index is 555. The number of aromatic nitrogens is 1. The van der Waals surface area contributed by atoms with Gasteiger partial charge in [-0.15, -0.1) is 0 Å². The lowest BCUT2D eigenvalue weighted by Crippen LogP contribution is -2.06. The first-order valence-corrected chi connectivity index (χ1v) is 5.88. The lowest BCUT2D eigenvalue weighted by atomic mass is 10.2. The Labute approximate surface area is 110 Å². The molecule has 0 atom stereocenters. The van der Waals surface area contributed by atoms with Gasteiger partial charge in [0.05, 0.1) is 10.6 Å². The molecule has 18 heavy (non-hydrogen) atoms. The van der Waals surface area contributed by atoms with Crippen LogP contribution in [0.2, 0.25) is 5.02 Å². The Morgan fingerprint density at radius 3 is 2.72 bits per heavy atom.